The Morgan fingerprint density at radius 3 is 1.29 bits per heavy atom. The molecule has 4 heteroatoms. The molecule has 0 saturated carbocycles. The molecule has 0 radical (unpaired) electrons. The summed E-state index contributed by atoms with van der Waals surface area (Å²) in [7, 11) is 0. The van der Waals surface area contributed by atoms with Gasteiger partial charge in [0.2, 0.25) is 0 Å². The highest BCUT2D eigenvalue weighted by molar-refractivity contribution is 5.34. The first-order valence-electron chi connectivity index (χ1n) is 8.33. The summed E-state index contributed by atoms with van der Waals surface area (Å²) in [5.41, 5.74) is 2.50. The van der Waals surface area contributed by atoms with Gasteiger partial charge in [-0.2, -0.15) is 0 Å². The molecule has 0 aliphatic carbocycles. The molecule has 0 aliphatic heterocycles. The molecule has 2 rings (SSSR count). The van der Waals surface area contributed by atoms with Crippen LogP contribution in [0.15, 0.2) is 48.5 Å². The number of hydrogen-bond acceptors (Lipinski definition) is 4. The zero-order chi connectivity index (χ0) is 17.4. The lowest BCUT2D eigenvalue weighted by Crippen LogP contribution is -2.06. The molecule has 0 spiro atoms. The van der Waals surface area contributed by atoms with Gasteiger partial charge in [0.15, 0.2) is 0 Å². The van der Waals surface area contributed by atoms with Crippen LogP contribution in [0.25, 0.3) is 0 Å². The summed E-state index contributed by atoms with van der Waals surface area (Å²) in [5, 5.41) is 17.6. The molecule has 0 amide bonds. The fourth-order valence-electron chi connectivity index (χ4n) is 2.64. The molecule has 4 nitrogen and oxygen atoms in total. The normalized spacial score (nSPS) is 13.3. The number of benzene rings is 2. The first kappa shape index (κ1) is 18.3. The molecule has 2 N–H and O–H groups in total. The Kier molecular flexibility index (Phi) is 7.09. The Morgan fingerprint density at radius 1 is 0.667 bits per heavy atom. The van der Waals surface area contributed by atoms with E-state index >= 15 is 0 Å². The van der Waals surface area contributed by atoms with E-state index in [1.54, 1.807) is 0 Å². The molecule has 24 heavy (non-hydrogen) atoms. The van der Waals surface area contributed by atoms with Crippen LogP contribution in [-0.4, -0.2) is 36.6 Å². The minimum Gasteiger partial charge on any atom is -0.491 e. The lowest BCUT2D eigenvalue weighted by molar-refractivity contribution is 0.201. The second-order valence-corrected chi connectivity index (χ2v) is 5.86. The number of rotatable bonds is 9. The summed E-state index contributed by atoms with van der Waals surface area (Å²) >= 11 is 0. The van der Waals surface area contributed by atoms with Gasteiger partial charge in [-0.25, -0.2) is 0 Å². The highest BCUT2D eigenvalue weighted by Crippen LogP contribution is 2.33. The molecule has 0 aliphatic rings. The smallest absolute Gasteiger partial charge is 0.119 e. The molecule has 0 fully saturated rings. The number of aliphatic hydroxyl groups is 2. The zero-order valence-corrected chi connectivity index (χ0v) is 14.3. The maximum Gasteiger partial charge on any atom is 0.119 e. The van der Waals surface area contributed by atoms with Gasteiger partial charge in [-0.3, -0.25) is 0 Å². The van der Waals surface area contributed by atoms with Crippen LogP contribution in [0.4, 0.5) is 0 Å². The van der Waals surface area contributed by atoms with Crippen molar-refractivity contribution >= 4 is 0 Å². The van der Waals surface area contributed by atoms with E-state index in [0.717, 1.165) is 11.5 Å². The molecular formula is C20H26O4. The van der Waals surface area contributed by atoms with Crippen molar-refractivity contribution in [1.82, 2.24) is 0 Å². The lowest BCUT2D eigenvalue weighted by atomic mass is 9.84. The van der Waals surface area contributed by atoms with Crippen molar-refractivity contribution in [1.29, 1.82) is 0 Å². The first-order valence-corrected chi connectivity index (χ1v) is 8.33. The molecule has 2 aromatic carbocycles. The van der Waals surface area contributed by atoms with E-state index in [1.165, 1.54) is 11.1 Å². The van der Waals surface area contributed by atoms with Gasteiger partial charge < -0.3 is 19.7 Å². The van der Waals surface area contributed by atoms with Crippen LogP contribution in [0.2, 0.25) is 0 Å². The number of hydrogen-bond donors (Lipinski definition) is 2. The molecule has 2 atom stereocenters. The highest BCUT2D eigenvalue weighted by atomic mass is 16.5. The van der Waals surface area contributed by atoms with E-state index in [-0.39, 0.29) is 13.2 Å². The highest BCUT2D eigenvalue weighted by Gasteiger charge is 2.16. The first-order chi connectivity index (χ1) is 11.7. The fourth-order valence-corrected chi connectivity index (χ4v) is 2.64. The second-order valence-electron chi connectivity index (χ2n) is 5.86. The van der Waals surface area contributed by atoms with Crippen molar-refractivity contribution in [2.75, 3.05) is 26.4 Å². The Labute approximate surface area is 143 Å². The quantitative estimate of drug-likeness (QED) is 0.740. The number of ether oxygens (including phenoxy) is 2. The summed E-state index contributed by atoms with van der Waals surface area (Å²) in [6.45, 7) is 5.10. The van der Waals surface area contributed by atoms with Gasteiger partial charge in [-0.05, 0) is 47.2 Å². The third kappa shape index (κ3) is 4.98. The third-order valence-corrected chi connectivity index (χ3v) is 4.28. The van der Waals surface area contributed by atoms with E-state index in [9.17, 15) is 0 Å². The summed E-state index contributed by atoms with van der Waals surface area (Å²) < 4.78 is 10.8. The minimum atomic E-state index is 0.0210. The van der Waals surface area contributed by atoms with Crippen molar-refractivity contribution in [2.45, 2.75) is 25.7 Å². The van der Waals surface area contributed by atoms with E-state index in [2.05, 4.69) is 38.1 Å². The van der Waals surface area contributed by atoms with E-state index in [1.807, 2.05) is 24.3 Å². The van der Waals surface area contributed by atoms with Crippen molar-refractivity contribution in [2.24, 2.45) is 0 Å². The van der Waals surface area contributed by atoms with Gasteiger partial charge in [0.25, 0.3) is 0 Å². The Morgan fingerprint density at radius 2 is 1.00 bits per heavy atom. The van der Waals surface area contributed by atoms with Gasteiger partial charge in [0.1, 0.15) is 24.7 Å². The largest absolute Gasteiger partial charge is 0.491 e. The van der Waals surface area contributed by atoms with Crippen LogP contribution < -0.4 is 9.47 Å². The van der Waals surface area contributed by atoms with Gasteiger partial charge >= 0.3 is 0 Å². The van der Waals surface area contributed by atoms with Gasteiger partial charge in [-0.15, -0.1) is 0 Å². The van der Waals surface area contributed by atoms with Crippen LogP contribution in [0.3, 0.4) is 0 Å². The van der Waals surface area contributed by atoms with Crippen molar-refractivity contribution in [3.05, 3.63) is 59.7 Å². The van der Waals surface area contributed by atoms with Crippen LogP contribution in [-0.2, 0) is 0 Å². The van der Waals surface area contributed by atoms with Crippen molar-refractivity contribution in [3.63, 3.8) is 0 Å². The molecule has 0 bridgehead atoms. The summed E-state index contributed by atoms with van der Waals surface area (Å²) in [6.07, 6.45) is 0. The molecule has 0 heterocycles. The SMILES string of the molecule is CC(c1ccc(OCCO)cc1)C(C)c1ccc(OCCO)cc1. The monoisotopic (exact) mass is 330 g/mol. The zero-order valence-electron chi connectivity index (χ0n) is 14.3. The molecule has 2 unspecified atom stereocenters. The average molecular weight is 330 g/mol. The number of aliphatic hydroxyl groups excluding tert-OH is 2. The van der Waals surface area contributed by atoms with E-state index < -0.39 is 0 Å². The topological polar surface area (TPSA) is 58.9 Å². The maximum atomic E-state index is 8.79. The molecule has 0 aromatic heterocycles. The standard InChI is InChI=1S/C20H26O4/c1-15(17-3-7-19(8-4-17)23-13-11-21)16(2)18-5-9-20(10-6-18)24-14-12-22/h3-10,15-16,21-22H,11-14H2,1-2H3. The van der Waals surface area contributed by atoms with Crippen LogP contribution in [0, 0.1) is 0 Å². The minimum absolute atomic E-state index is 0.0210. The van der Waals surface area contributed by atoms with Gasteiger partial charge in [0, 0.05) is 0 Å². The molecule has 2 aromatic rings. The Balaban J connectivity index is 2.01. The predicted octanol–water partition coefficient (Wildman–Crippen LogP) is 3.34. The Bertz CT molecular complexity index is 537. The van der Waals surface area contributed by atoms with Crippen LogP contribution >= 0.6 is 0 Å². The summed E-state index contributed by atoms with van der Waals surface area (Å²) in [5.74, 6) is 2.28. The molecule has 130 valence electrons. The summed E-state index contributed by atoms with van der Waals surface area (Å²) in [4.78, 5) is 0. The fraction of sp³-hybridized carbons (Fsp3) is 0.400. The molecule has 0 saturated heterocycles. The van der Waals surface area contributed by atoms with Gasteiger partial charge in [-0.1, -0.05) is 38.1 Å². The Hall–Kier alpha value is -2.04. The van der Waals surface area contributed by atoms with Crippen molar-refractivity contribution < 1.29 is 19.7 Å². The second kappa shape index (κ2) is 9.30. The predicted molar refractivity (Wildman–Crippen MR) is 94.9 cm³/mol. The van der Waals surface area contributed by atoms with Crippen LogP contribution in [0.5, 0.6) is 11.5 Å². The van der Waals surface area contributed by atoms with Gasteiger partial charge in [0.05, 0.1) is 13.2 Å². The van der Waals surface area contributed by atoms with Crippen LogP contribution in [0.1, 0.15) is 36.8 Å². The lowest BCUT2D eigenvalue weighted by Gasteiger charge is -2.21. The maximum absolute atomic E-state index is 8.79. The van der Waals surface area contributed by atoms with E-state index in [4.69, 9.17) is 19.7 Å². The average Bonchev–Trinajstić information content (AvgIpc) is 2.64. The molecular weight excluding hydrogens is 304 g/mol. The van der Waals surface area contributed by atoms with E-state index in [0.29, 0.717) is 25.0 Å². The van der Waals surface area contributed by atoms with Crippen molar-refractivity contribution in [3.8, 4) is 11.5 Å². The third-order valence-electron chi connectivity index (χ3n) is 4.28. The summed E-state index contributed by atoms with van der Waals surface area (Å²) in [6, 6.07) is 16.1.